The van der Waals surface area contributed by atoms with Gasteiger partial charge in [0.2, 0.25) is 14.3 Å². The number of benzene rings is 3. The first-order chi connectivity index (χ1) is 25.5. The molecule has 1 spiro atoms. The predicted molar refractivity (Wildman–Crippen MR) is 204 cm³/mol. The van der Waals surface area contributed by atoms with E-state index in [9.17, 15) is 14.7 Å². The number of fused-ring (bicyclic) bond motifs is 2. The predicted octanol–water partition coefficient (Wildman–Crippen LogP) is 7.12. The van der Waals surface area contributed by atoms with Gasteiger partial charge in [0.1, 0.15) is 5.75 Å². The molecule has 0 radical (unpaired) electrons. The zero-order valence-electron chi connectivity index (χ0n) is 31.1. The summed E-state index contributed by atoms with van der Waals surface area (Å²) < 4.78 is 30.8. The van der Waals surface area contributed by atoms with Crippen LogP contribution in [-0.2, 0) is 33.0 Å². The molecule has 1 unspecified atom stereocenters. The zero-order valence-corrected chi connectivity index (χ0v) is 32.1. The molecule has 3 aliphatic rings. The van der Waals surface area contributed by atoms with Crippen molar-refractivity contribution in [1.82, 2.24) is 15.0 Å². The molecule has 0 saturated carbocycles. The largest absolute Gasteiger partial charge is 0.497 e. The Morgan fingerprint density at radius 1 is 1.04 bits per heavy atom. The lowest BCUT2D eigenvalue weighted by Gasteiger charge is -2.31. The molecular weight excluding hydrogens is 690 g/mol. The van der Waals surface area contributed by atoms with E-state index >= 15 is 4.11 Å². The summed E-state index contributed by atoms with van der Waals surface area (Å²) in [7, 11) is -1.79. The molecule has 0 aliphatic carbocycles. The van der Waals surface area contributed by atoms with Crippen LogP contribution in [0.15, 0.2) is 79.0 Å². The van der Waals surface area contributed by atoms with Crippen LogP contribution in [0, 0.1) is 5.92 Å². The van der Waals surface area contributed by atoms with E-state index < -0.39 is 31.6 Å². The van der Waals surface area contributed by atoms with Crippen molar-refractivity contribution >= 4 is 31.6 Å². The van der Waals surface area contributed by atoms with Crippen LogP contribution >= 0.6 is 0 Å². The molecule has 3 aliphatic heterocycles. The van der Waals surface area contributed by atoms with Crippen molar-refractivity contribution in [3.05, 3.63) is 101 Å². The van der Waals surface area contributed by atoms with Gasteiger partial charge >= 0.3 is 0 Å². The fourth-order valence-electron chi connectivity index (χ4n) is 8.87. The molecule has 3 aromatic carbocycles. The van der Waals surface area contributed by atoms with Gasteiger partial charge in [0.25, 0.3) is 5.91 Å². The molecule has 7 rings (SSSR count). The van der Waals surface area contributed by atoms with Gasteiger partial charge in [-0.25, -0.2) is 0 Å². The first-order valence-corrected chi connectivity index (χ1v) is 21.8. The van der Waals surface area contributed by atoms with E-state index in [0.717, 1.165) is 48.2 Å². The molecule has 2 saturated heterocycles. The van der Waals surface area contributed by atoms with Gasteiger partial charge in [-0.15, -0.1) is 5.10 Å². The molecule has 0 bridgehead atoms. The van der Waals surface area contributed by atoms with Gasteiger partial charge in [0.05, 0.1) is 43.7 Å². The number of anilines is 2. The van der Waals surface area contributed by atoms with Crippen LogP contribution in [0.4, 0.5) is 15.5 Å². The van der Waals surface area contributed by atoms with Crippen molar-refractivity contribution in [2.75, 3.05) is 30.1 Å². The van der Waals surface area contributed by atoms with Gasteiger partial charge < -0.3 is 28.5 Å². The van der Waals surface area contributed by atoms with Gasteiger partial charge in [-0.3, -0.25) is 14.3 Å². The van der Waals surface area contributed by atoms with Gasteiger partial charge in [0.15, 0.2) is 5.60 Å². The number of methoxy groups -OCH3 is 1. The van der Waals surface area contributed by atoms with Crippen molar-refractivity contribution in [1.29, 1.82) is 0 Å². The molecule has 2 amide bonds. The van der Waals surface area contributed by atoms with Crippen molar-refractivity contribution in [2.24, 2.45) is 5.92 Å². The second-order valence-electron chi connectivity index (χ2n) is 15.3. The molecule has 10 nitrogen and oxygen atoms in total. The van der Waals surface area contributed by atoms with Gasteiger partial charge in [0, 0.05) is 48.4 Å². The van der Waals surface area contributed by atoms with E-state index in [1.54, 1.807) is 29.8 Å². The standard InChI is InChI=1S/C41H50FN5O5Si/c1-28-39(53(3,4)42)37(21-23-45-26-35(43-44-45)33(27-48)30-12-8-7-9-13-30)52-41(28)34-24-32(51-2)19-20-36(34)47(40(41)50)25-29-15-17-31(18-16-29)46-22-11-6-5-10-14-38(46)49/h7-9,12-13,15-20,24,26,28,33,37,39,48H,5-6,10-11,14,21-23,25,27H2,1-4H3/t28-,33?,37+,39-,41+/m0/s1. The van der Waals surface area contributed by atoms with E-state index in [-0.39, 0.29) is 24.3 Å². The number of carbonyl (C=O) groups excluding carboxylic acids is 2. The summed E-state index contributed by atoms with van der Waals surface area (Å²) in [5.41, 5.74) is 2.93. The molecule has 12 heteroatoms. The lowest BCUT2D eigenvalue weighted by Crippen LogP contribution is -2.45. The van der Waals surface area contributed by atoms with Crippen molar-refractivity contribution < 1.29 is 28.3 Å². The Morgan fingerprint density at radius 2 is 1.79 bits per heavy atom. The number of aliphatic hydroxyl groups is 1. The normalized spacial score (nSPS) is 24.0. The monoisotopic (exact) mass is 739 g/mol. The number of halogens is 1. The van der Waals surface area contributed by atoms with Crippen LogP contribution in [0.2, 0.25) is 18.6 Å². The highest BCUT2D eigenvalue weighted by molar-refractivity contribution is 6.72. The molecule has 53 heavy (non-hydrogen) atoms. The molecule has 5 atom stereocenters. The Bertz CT molecular complexity index is 1920. The number of hydrogen-bond donors (Lipinski definition) is 1. The number of amides is 2. The number of aromatic nitrogens is 3. The topological polar surface area (TPSA) is 110 Å². The first kappa shape index (κ1) is 36.9. The number of carbonyl (C=O) groups is 2. The van der Waals surface area contributed by atoms with E-state index in [4.69, 9.17) is 9.47 Å². The Morgan fingerprint density at radius 3 is 2.51 bits per heavy atom. The molecule has 4 heterocycles. The van der Waals surface area contributed by atoms with E-state index in [2.05, 4.69) is 10.3 Å². The van der Waals surface area contributed by atoms with Crippen LogP contribution in [-0.4, -0.2) is 66.7 Å². The fraction of sp³-hybridized carbons (Fsp3) is 0.463. The van der Waals surface area contributed by atoms with Crippen molar-refractivity contribution in [3.8, 4) is 5.75 Å². The van der Waals surface area contributed by atoms with Crippen LogP contribution in [0.5, 0.6) is 5.75 Å². The number of aliphatic hydroxyl groups excluding tert-OH is 1. The number of hydrogen-bond acceptors (Lipinski definition) is 7. The third-order valence-electron chi connectivity index (χ3n) is 11.5. The minimum Gasteiger partial charge on any atom is -0.497 e. The first-order valence-electron chi connectivity index (χ1n) is 18.9. The van der Waals surface area contributed by atoms with E-state index in [0.29, 0.717) is 49.5 Å². The Balaban J connectivity index is 1.15. The highest BCUT2D eigenvalue weighted by atomic mass is 28.4. The van der Waals surface area contributed by atoms with Crippen LogP contribution in [0.3, 0.4) is 0 Å². The Hall–Kier alpha value is -4.39. The third-order valence-corrected chi connectivity index (χ3v) is 14.0. The Kier molecular flexibility index (Phi) is 10.6. The van der Waals surface area contributed by atoms with Crippen molar-refractivity contribution in [3.63, 3.8) is 0 Å². The average Bonchev–Trinajstić information content (AvgIpc) is 3.80. The molecule has 280 valence electrons. The summed E-state index contributed by atoms with van der Waals surface area (Å²) in [4.78, 5) is 31.4. The second-order valence-corrected chi connectivity index (χ2v) is 19.1. The highest BCUT2D eigenvalue weighted by Gasteiger charge is 2.66. The highest BCUT2D eigenvalue weighted by Crippen LogP contribution is 2.60. The van der Waals surface area contributed by atoms with Gasteiger partial charge in [-0.1, -0.05) is 67.4 Å². The average molecular weight is 740 g/mol. The summed E-state index contributed by atoms with van der Waals surface area (Å²) in [6.07, 6.45) is 6.38. The quantitative estimate of drug-likeness (QED) is 0.129. The molecular formula is C41H50FN5O5Si. The van der Waals surface area contributed by atoms with Crippen LogP contribution in [0.1, 0.15) is 73.8 Å². The minimum atomic E-state index is -3.39. The second kappa shape index (κ2) is 15.2. The number of rotatable bonds is 11. The summed E-state index contributed by atoms with van der Waals surface area (Å²) in [5.74, 6) is -0.227. The van der Waals surface area contributed by atoms with Crippen molar-refractivity contribution in [2.45, 2.75) is 94.8 Å². The SMILES string of the molecule is COc1ccc2c(c1)[C@@]1(O[C@H](CCn3cc(C(CO)c4ccccc4)nn3)[C@@H]([Si](C)(C)F)[C@@H]1C)C(=O)N2Cc1ccc(N2CCCCCCC2=O)cc1. The van der Waals surface area contributed by atoms with Crippen LogP contribution < -0.4 is 14.5 Å². The maximum Gasteiger partial charge on any atom is 0.264 e. The third kappa shape index (κ3) is 7.04. The molecule has 1 N–H and O–H groups in total. The lowest BCUT2D eigenvalue weighted by atomic mass is 9.82. The van der Waals surface area contributed by atoms with Gasteiger partial charge in [-0.05, 0) is 73.8 Å². The molecule has 1 aromatic heterocycles. The number of nitrogens with zero attached hydrogens (tertiary/aromatic N) is 5. The number of ether oxygens (including phenoxy) is 2. The minimum absolute atomic E-state index is 0.109. The maximum atomic E-state index is 16.5. The van der Waals surface area contributed by atoms with Crippen LogP contribution in [0.25, 0.3) is 0 Å². The fourth-order valence-corrected chi connectivity index (χ4v) is 11.4. The summed E-state index contributed by atoms with van der Waals surface area (Å²) in [6.45, 7) is 6.66. The summed E-state index contributed by atoms with van der Waals surface area (Å²) >= 11 is 0. The summed E-state index contributed by atoms with van der Waals surface area (Å²) in [5, 5.41) is 18.9. The zero-order chi connectivity index (χ0) is 37.3. The summed E-state index contributed by atoms with van der Waals surface area (Å²) in [6, 6.07) is 23.2. The van der Waals surface area contributed by atoms with E-state index in [1.807, 2.05) is 90.8 Å². The molecule has 2 fully saturated rings. The lowest BCUT2D eigenvalue weighted by molar-refractivity contribution is -0.146. The maximum absolute atomic E-state index is 16.5. The molecule has 4 aromatic rings. The smallest absolute Gasteiger partial charge is 0.264 e. The van der Waals surface area contributed by atoms with E-state index in [1.165, 1.54) is 0 Å². The number of aryl methyl sites for hydroxylation is 1. The Labute approximate surface area is 312 Å². The van der Waals surface area contributed by atoms with Gasteiger partial charge in [-0.2, -0.15) is 0 Å².